The molecule has 2 aromatic heterocycles. The molecule has 0 bridgehead atoms. The maximum atomic E-state index is 10.6. The van der Waals surface area contributed by atoms with Gasteiger partial charge < -0.3 is 15.3 Å². The number of hydrogen-bond acceptors (Lipinski definition) is 4. The first-order valence-corrected chi connectivity index (χ1v) is 4.83. The van der Waals surface area contributed by atoms with Crippen LogP contribution in [0.2, 0.25) is 0 Å². The molecule has 2 heterocycles. The standard InChI is InChI=1S/C11H10N2O4/c14-9-5-8(7-1-3-12-4-2-7)11(17)13(9)6-10(15)16/h1-5,14,17H,6H2,(H,15,16). The minimum absolute atomic E-state index is 0.281. The van der Waals surface area contributed by atoms with Crippen molar-refractivity contribution in [3.05, 3.63) is 30.6 Å². The Bertz CT molecular complexity index is 548. The van der Waals surface area contributed by atoms with Crippen molar-refractivity contribution in [1.29, 1.82) is 0 Å². The number of rotatable bonds is 3. The summed E-state index contributed by atoms with van der Waals surface area (Å²) in [6.45, 7) is -0.497. The van der Waals surface area contributed by atoms with Crippen molar-refractivity contribution in [3.8, 4) is 22.9 Å². The van der Waals surface area contributed by atoms with Gasteiger partial charge in [-0.25, -0.2) is 0 Å². The molecule has 0 aliphatic carbocycles. The summed E-state index contributed by atoms with van der Waals surface area (Å²) in [6, 6.07) is 4.62. The van der Waals surface area contributed by atoms with Crippen molar-refractivity contribution in [2.75, 3.05) is 0 Å². The number of carbonyl (C=O) groups is 1. The molecule has 0 fully saturated rings. The molecule has 2 aromatic rings. The van der Waals surface area contributed by atoms with Gasteiger partial charge in [-0.3, -0.25) is 14.3 Å². The van der Waals surface area contributed by atoms with Gasteiger partial charge in [-0.1, -0.05) is 0 Å². The van der Waals surface area contributed by atoms with Crippen molar-refractivity contribution in [3.63, 3.8) is 0 Å². The number of aliphatic carboxylic acids is 1. The van der Waals surface area contributed by atoms with Crippen molar-refractivity contribution in [2.45, 2.75) is 6.54 Å². The predicted octanol–water partition coefficient (Wildman–Crippen LogP) is 1.05. The van der Waals surface area contributed by atoms with Crippen LogP contribution in [-0.4, -0.2) is 30.8 Å². The number of carboxylic acids is 1. The molecule has 2 rings (SSSR count). The van der Waals surface area contributed by atoms with Crippen LogP contribution >= 0.6 is 0 Å². The number of hydrogen-bond donors (Lipinski definition) is 3. The van der Waals surface area contributed by atoms with Gasteiger partial charge >= 0.3 is 5.97 Å². The highest BCUT2D eigenvalue weighted by atomic mass is 16.4. The van der Waals surface area contributed by atoms with E-state index in [1.165, 1.54) is 6.07 Å². The monoisotopic (exact) mass is 234 g/mol. The molecule has 0 atom stereocenters. The summed E-state index contributed by atoms with van der Waals surface area (Å²) in [4.78, 5) is 14.4. The smallest absolute Gasteiger partial charge is 0.323 e. The molecule has 6 nitrogen and oxygen atoms in total. The molecule has 0 saturated heterocycles. The van der Waals surface area contributed by atoms with Gasteiger partial charge in [0.2, 0.25) is 5.88 Å². The second-order valence-electron chi connectivity index (χ2n) is 3.46. The molecule has 0 aliphatic rings. The Labute approximate surface area is 96.4 Å². The zero-order chi connectivity index (χ0) is 12.4. The average molecular weight is 234 g/mol. The molecule has 6 heteroatoms. The van der Waals surface area contributed by atoms with Gasteiger partial charge in [-0.2, -0.15) is 0 Å². The molecule has 0 aromatic carbocycles. The van der Waals surface area contributed by atoms with Crippen LogP contribution < -0.4 is 0 Å². The van der Waals surface area contributed by atoms with E-state index in [1.54, 1.807) is 24.5 Å². The number of aromatic hydroxyl groups is 2. The zero-order valence-electron chi connectivity index (χ0n) is 8.74. The number of nitrogens with zero attached hydrogens (tertiary/aromatic N) is 2. The quantitative estimate of drug-likeness (QED) is 0.737. The SMILES string of the molecule is O=C(O)Cn1c(O)cc(-c2ccncc2)c1O. The predicted molar refractivity (Wildman–Crippen MR) is 58.6 cm³/mol. The molecule has 0 spiro atoms. The zero-order valence-corrected chi connectivity index (χ0v) is 8.74. The van der Waals surface area contributed by atoms with Crippen molar-refractivity contribution in [2.24, 2.45) is 0 Å². The third-order valence-electron chi connectivity index (χ3n) is 2.33. The average Bonchev–Trinajstić information content (AvgIpc) is 2.58. The summed E-state index contributed by atoms with van der Waals surface area (Å²) in [7, 11) is 0. The van der Waals surface area contributed by atoms with Gasteiger partial charge in [-0.05, 0) is 17.7 Å². The molecule has 0 amide bonds. The van der Waals surface area contributed by atoms with E-state index in [9.17, 15) is 15.0 Å². The van der Waals surface area contributed by atoms with Crippen LogP contribution in [-0.2, 0) is 11.3 Å². The molecule has 0 unspecified atom stereocenters. The minimum Gasteiger partial charge on any atom is -0.494 e. The van der Waals surface area contributed by atoms with E-state index in [4.69, 9.17) is 5.11 Å². The highest BCUT2D eigenvalue weighted by Gasteiger charge is 2.16. The Hall–Kier alpha value is -2.50. The third-order valence-corrected chi connectivity index (χ3v) is 2.33. The summed E-state index contributed by atoms with van der Waals surface area (Å²) >= 11 is 0. The van der Waals surface area contributed by atoms with Crippen LogP contribution in [0.25, 0.3) is 11.1 Å². The Balaban J connectivity index is 2.48. The third kappa shape index (κ3) is 2.05. The first-order valence-electron chi connectivity index (χ1n) is 4.83. The molecule has 3 N–H and O–H groups in total. The fraction of sp³-hybridized carbons (Fsp3) is 0.0909. The molecule has 88 valence electrons. The maximum absolute atomic E-state index is 10.6. The van der Waals surface area contributed by atoms with Crippen LogP contribution in [0.5, 0.6) is 11.8 Å². The fourth-order valence-corrected chi connectivity index (χ4v) is 1.56. The second-order valence-corrected chi connectivity index (χ2v) is 3.46. The minimum atomic E-state index is -1.15. The molecule has 0 saturated carbocycles. The molecule has 17 heavy (non-hydrogen) atoms. The van der Waals surface area contributed by atoms with Crippen LogP contribution in [0.4, 0.5) is 0 Å². The highest BCUT2D eigenvalue weighted by molar-refractivity contribution is 5.73. The van der Waals surface area contributed by atoms with Crippen LogP contribution in [0, 0.1) is 0 Å². The van der Waals surface area contributed by atoms with Crippen molar-refractivity contribution < 1.29 is 20.1 Å². The first-order chi connectivity index (χ1) is 8.09. The van der Waals surface area contributed by atoms with E-state index in [-0.39, 0.29) is 11.8 Å². The number of carboxylic acid groups (broad SMARTS) is 1. The van der Waals surface area contributed by atoms with E-state index in [1.807, 2.05) is 0 Å². The van der Waals surface area contributed by atoms with E-state index >= 15 is 0 Å². The normalized spacial score (nSPS) is 10.4. The highest BCUT2D eigenvalue weighted by Crippen LogP contribution is 2.35. The van der Waals surface area contributed by atoms with Gasteiger partial charge in [0.1, 0.15) is 6.54 Å². The van der Waals surface area contributed by atoms with E-state index < -0.39 is 12.5 Å². The van der Waals surface area contributed by atoms with Gasteiger partial charge in [0.05, 0.1) is 0 Å². The largest absolute Gasteiger partial charge is 0.494 e. The summed E-state index contributed by atoms with van der Waals surface area (Å²) in [5.74, 6) is -1.72. The van der Waals surface area contributed by atoms with Gasteiger partial charge in [0.25, 0.3) is 0 Å². The van der Waals surface area contributed by atoms with E-state index in [0.717, 1.165) is 4.57 Å². The van der Waals surface area contributed by atoms with E-state index in [2.05, 4.69) is 4.98 Å². The fourth-order valence-electron chi connectivity index (χ4n) is 1.56. The summed E-state index contributed by atoms with van der Waals surface area (Å²) in [5.41, 5.74) is 1.02. The van der Waals surface area contributed by atoms with Crippen LogP contribution in [0.3, 0.4) is 0 Å². The lowest BCUT2D eigenvalue weighted by molar-refractivity contribution is -0.137. The van der Waals surface area contributed by atoms with Crippen molar-refractivity contribution >= 4 is 5.97 Å². The molecular weight excluding hydrogens is 224 g/mol. The Morgan fingerprint density at radius 1 is 1.29 bits per heavy atom. The Morgan fingerprint density at radius 2 is 1.94 bits per heavy atom. The van der Waals surface area contributed by atoms with E-state index in [0.29, 0.717) is 11.1 Å². The maximum Gasteiger partial charge on any atom is 0.323 e. The lowest BCUT2D eigenvalue weighted by Gasteiger charge is -2.03. The van der Waals surface area contributed by atoms with Gasteiger partial charge in [0, 0.05) is 24.0 Å². The summed E-state index contributed by atoms with van der Waals surface area (Å²) < 4.78 is 0.915. The van der Waals surface area contributed by atoms with Gasteiger partial charge in [0.15, 0.2) is 5.88 Å². The Morgan fingerprint density at radius 3 is 2.53 bits per heavy atom. The lowest BCUT2D eigenvalue weighted by atomic mass is 10.1. The lowest BCUT2D eigenvalue weighted by Crippen LogP contribution is -2.07. The molecule has 0 radical (unpaired) electrons. The molecular formula is C11H10N2O4. The summed E-state index contributed by atoms with van der Waals surface area (Å²) in [5, 5.41) is 28.0. The van der Waals surface area contributed by atoms with Gasteiger partial charge in [-0.15, -0.1) is 0 Å². The topological polar surface area (TPSA) is 95.6 Å². The van der Waals surface area contributed by atoms with Crippen LogP contribution in [0.1, 0.15) is 0 Å². The van der Waals surface area contributed by atoms with Crippen LogP contribution in [0.15, 0.2) is 30.6 Å². The number of aromatic nitrogens is 2. The number of pyridine rings is 1. The van der Waals surface area contributed by atoms with Crippen molar-refractivity contribution in [1.82, 2.24) is 9.55 Å². The second kappa shape index (κ2) is 4.17. The first kappa shape index (κ1) is 11.0. The molecule has 0 aliphatic heterocycles. The summed E-state index contributed by atoms with van der Waals surface area (Å²) in [6.07, 6.45) is 3.08. The Kier molecular flexibility index (Phi) is 2.70.